The van der Waals surface area contributed by atoms with Gasteiger partial charge in [-0.1, -0.05) is 0 Å². The van der Waals surface area contributed by atoms with Gasteiger partial charge in [0.25, 0.3) is 5.91 Å². The minimum Gasteiger partial charge on any atom is -0.396 e. The van der Waals surface area contributed by atoms with E-state index in [-0.39, 0.29) is 11.6 Å². The number of hydrogen-bond donors (Lipinski definition) is 3. The lowest BCUT2D eigenvalue weighted by atomic mass is 10.1. The molecule has 0 heterocycles. The molecule has 0 radical (unpaired) electrons. The molecule has 0 saturated heterocycles. The first-order chi connectivity index (χ1) is 8.32. The second-order valence-corrected chi connectivity index (χ2v) is 3.72. The highest BCUT2D eigenvalue weighted by Crippen LogP contribution is 2.18. The van der Waals surface area contributed by atoms with Crippen molar-refractivity contribution in [2.75, 3.05) is 5.73 Å². The summed E-state index contributed by atoms with van der Waals surface area (Å²) in [5.74, 6) is -3.51. The number of rotatable bonds is 3. The summed E-state index contributed by atoms with van der Waals surface area (Å²) in [6.07, 6.45) is -0.754. The number of amides is 2. The first kappa shape index (κ1) is 13.9. The van der Waals surface area contributed by atoms with Crippen LogP contribution < -0.4 is 16.4 Å². The molecule has 1 aromatic carbocycles. The maximum absolute atomic E-state index is 13.5. The smallest absolute Gasteiger partial charge is 0.258 e. The molecular formula is C11H13F2N3O2. The van der Waals surface area contributed by atoms with Gasteiger partial charge in [0.2, 0.25) is 5.91 Å². The summed E-state index contributed by atoms with van der Waals surface area (Å²) in [6, 6.07) is 1.93. The number of carbonyl (C=O) groups excluding carboxylic acids is 2. The molecule has 1 unspecified atom stereocenters. The highest BCUT2D eigenvalue weighted by molar-refractivity contribution is 5.96. The third kappa shape index (κ3) is 3.16. The maximum Gasteiger partial charge on any atom is 0.258 e. The molecule has 0 aliphatic carbocycles. The standard InChI is InChI=1S/C11H13F2N3O2/c1-5(15-6(2)17)16-11(18)9-7(12)3-4-8(14)10(9)13/h3-5H,14H2,1-2H3,(H,15,17)(H,16,18). The molecule has 0 aliphatic heterocycles. The summed E-state index contributed by atoms with van der Waals surface area (Å²) < 4.78 is 26.9. The van der Waals surface area contributed by atoms with Crippen molar-refractivity contribution in [2.24, 2.45) is 0 Å². The Kier molecular flexibility index (Phi) is 4.19. The van der Waals surface area contributed by atoms with Crippen LogP contribution in [0.15, 0.2) is 12.1 Å². The maximum atomic E-state index is 13.5. The van der Waals surface area contributed by atoms with Gasteiger partial charge in [0.1, 0.15) is 11.4 Å². The molecule has 0 spiro atoms. The van der Waals surface area contributed by atoms with Gasteiger partial charge in [-0.25, -0.2) is 8.78 Å². The average Bonchev–Trinajstić information content (AvgIpc) is 2.22. The predicted octanol–water partition coefficient (Wildman–Crippen LogP) is 0.759. The van der Waals surface area contributed by atoms with E-state index in [0.717, 1.165) is 12.1 Å². The Morgan fingerprint density at radius 1 is 1.28 bits per heavy atom. The van der Waals surface area contributed by atoms with Crippen LogP contribution in [0, 0.1) is 11.6 Å². The molecule has 0 aromatic heterocycles. The number of hydrogen-bond acceptors (Lipinski definition) is 3. The molecule has 0 bridgehead atoms. The molecular weight excluding hydrogens is 244 g/mol. The summed E-state index contributed by atoms with van der Waals surface area (Å²) in [5.41, 5.74) is 4.15. The zero-order chi connectivity index (χ0) is 13.9. The number of carbonyl (C=O) groups is 2. The molecule has 0 saturated carbocycles. The lowest BCUT2D eigenvalue weighted by Gasteiger charge is -2.15. The van der Waals surface area contributed by atoms with Gasteiger partial charge in [-0.2, -0.15) is 0 Å². The minimum absolute atomic E-state index is 0.325. The Hall–Kier alpha value is -2.18. The van der Waals surface area contributed by atoms with Gasteiger partial charge in [-0.15, -0.1) is 0 Å². The van der Waals surface area contributed by atoms with E-state index in [9.17, 15) is 18.4 Å². The second-order valence-electron chi connectivity index (χ2n) is 3.72. The van der Waals surface area contributed by atoms with Crippen molar-refractivity contribution < 1.29 is 18.4 Å². The van der Waals surface area contributed by atoms with Crippen molar-refractivity contribution >= 4 is 17.5 Å². The summed E-state index contributed by atoms with van der Waals surface area (Å²) >= 11 is 0. The van der Waals surface area contributed by atoms with E-state index in [1.807, 2.05) is 0 Å². The number of nitrogen functional groups attached to an aromatic ring is 1. The van der Waals surface area contributed by atoms with E-state index in [2.05, 4.69) is 10.6 Å². The zero-order valence-electron chi connectivity index (χ0n) is 9.88. The van der Waals surface area contributed by atoms with Crippen LogP contribution in [0.4, 0.5) is 14.5 Å². The Morgan fingerprint density at radius 2 is 1.89 bits per heavy atom. The van der Waals surface area contributed by atoms with Crippen molar-refractivity contribution in [1.29, 1.82) is 0 Å². The van der Waals surface area contributed by atoms with Crippen molar-refractivity contribution in [3.05, 3.63) is 29.3 Å². The predicted molar refractivity (Wildman–Crippen MR) is 61.5 cm³/mol. The fourth-order valence-electron chi connectivity index (χ4n) is 1.39. The third-order valence-electron chi connectivity index (χ3n) is 2.12. The lowest BCUT2D eigenvalue weighted by Crippen LogP contribution is -2.45. The molecule has 1 aromatic rings. The largest absolute Gasteiger partial charge is 0.396 e. The molecule has 0 aliphatic rings. The Bertz CT molecular complexity index is 491. The Labute approximate surface area is 102 Å². The van der Waals surface area contributed by atoms with E-state index in [1.165, 1.54) is 13.8 Å². The van der Waals surface area contributed by atoms with Gasteiger partial charge in [0.05, 0.1) is 11.9 Å². The van der Waals surface area contributed by atoms with Crippen LogP contribution in [0.2, 0.25) is 0 Å². The molecule has 18 heavy (non-hydrogen) atoms. The Morgan fingerprint density at radius 3 is 2.44 bits per heavy atom. The number of benzene rings is 1. The van der Waals surface area contributed by atoms with Crippen LogP contribution in [0.3, 0.4) is 0 Å². The van der Waals surface area contributed by atoms with Crippen molar-refractivity contribution in [1.82, 2.24) is 10.6 Å². The van der Waals surface area contributed by atoms with Crippen LogP contribution >= 0.6 is 0 Å². The van der Waals surface area contributed by atoms with Gasteiger partial charge in [0, 0.05) is 6.92 Å². The lowest BCUT2D eigenvalue weighted by molar-refractivity contribution is -0.119. The topological polar surface area (TPSA) is 84.2 Å². The van der Waals surface area contributed by atoms with Crippen LogP contribution in [-0.4, -0.2) is 18.0 Å². The van der Waals surface area contributed by atoms with Gasteiger partial charge in [-0.3, -0.25) is 9.59 Å². The number of nitrogens with two attached hydrogens (primary N) is 1. The quantitative estimate of drug-likeness (QED) is 0.552. The van der Waals surface area contributed by atoms with Gasteiger partial charge >= 0.3 is 0 Å². The molecule has 98 valence electrons. The van der Waals surface area contributed by atoms with E-state index in [0.29, 0.717) is 0 Å². The highest BCUT2D eigenvalue weighted by Gasteiger charge is 2.20. The van der Waals surface area contributed by atoms with Gasteiger partial charge in [0.15, 0.2) is 5.82 Å². The van der Waals surface area contributed by atoms with E-state index < -0.39 is 29.3 Å². The van der Waals surface area contributed by atoms with Crippen molar-refractivity contribution in [3.8, 4) is 0 Å². The van der Waals surface area contributed by atoms with Crippen LogP contribution in [-0.2, 0) is 4.79 Å². The summed E-state index contributed by atoms with van der Waals surface area (Å²) in [4.78, 5) is 22.4. The molecule has 1 atom stereocenters. The minimum atomic E-state index is -1.12. The van der Waals surface area contributed by atoms with Gasteiger partial charge < -0.3 is 16.4 Å². The fourth-order valence-corrected chi connectivity index (χ4v) is 1.39. The second kappa shape index (κ2) is 5.44. The fraction of sp³-hybridized carbons (Fsp3) is 0.273. The van der Waals surface area contributed by atoms with E-state index in [4.69, 9.17) is 5.73 Å². The van der Waals surface area contributed by atoms with Crippen LogP contribution in [0.1, 0.15) is 24.2 Å². The third-order valence-corrected chi connectivity index (χ3v) is 2.12. The first-order valence-corrected chi connectivity index (χ1v) is 5.14. The monoisotopic (exact) mass is 257 g/mol. The van der Waals surface area contributed by atoms with E-state index >= 15 is 0 Å². The summed E-state index contributed by atoms with van der Waals surface area (Å²) in [7, 11) is 0. The highest BCUT2D eigenvalue weighted by atomic mass is 19.1. The first-order valence-electron chi connectivity index (χ1n) is 5.14. The van der Waals surface area contributed by atoms with Gasteiger partial charge in [-0.05, 0) is 19.1 Å². The molecule has 2 amide bonds. The molecule has 0 fully saturated rings. The number of anilines is 1. The molecule has 5 nitrogen and oxygen atoms in total. The SMILES string of the molecule is CC(=O)NC(C)NC(=O)c1c(F)ccc(N)c1F. The van der Waals surface area contributed by atoms with Crippen LogP contribution in [0.25, 0.3) is 0 Å². The van der Waals surface area contributed by atoms with E-state index in [1.54, 1.807) is 0 Å². The number of nitrogens with one attached hydrogen (secondary N) is 2. The van der Waals surface area contributed by atoms with Crippen molar-refractivity contribution in [3.63, 3.8) is 0 Å². The molecule has 7 heteroatoms. The Balaban J connectivity index is 2.91. The van der Waals surface area contributed by atoms with Crippen molar-refractivity contribution in [2.45, 2.75) is 20.0 Å². The molecule has 4 N–H and O–H groups in total. The molecule has 1 rings (SSSR count). The summed E-state index contributed by atoms with van der Waals surface area (Å²) in [5, 5.41) is 4.58. The number of halogens is 2. The average molecular weight is 257 g/mol. The zero-order valence-corrected chi connectivity index (χ0v) is 9.88. The normalized spacial score (nSPS) is 11.8. The van der Waals surface area contributed by atoms with Crippen LogP contribution in [0.5, 0.6) is 0 Å². The summed E-state index contributed by atoms with van der Waals surface area (Å²) in [6.45, 7) is 2.71.